The number of piperazine rings is 1. The Bertz CT molecular complexity index is 576. The third-order valence-electron chi connectivity index (χ3n) is 3.32. The van der Waals surface area contributed by atoms with Gasteiger partial charge in [0, 0.05) is 37.8 Å². The third-order valence-corrected chi connectivity index (χ3v) is 3.32. The van der Waals surface area contributed by atoms with Crippen LogP contribution in [0.1, 0.15) is 5.69 Å². The zero-order valence-corrected chi connectivity index (χ0v) is 10.8. The number of halogens is 1. The van der Waals surface area contributed by atoms with Crippen LogP contribution in [0.5, 0.6) is 0 Å². The van der Waals surface area contributed by atoms with Gasteiger partial charge in [0.25, 0.3) is 0 Å². The molecule has 1 aliphatic heterocycles. The maximum absolute atomic E-state index is 14.0. The molecular weight excluding hydrogens is 245 g/mol. The first-order valence-corrected chi connectivity index (χ1v) is 6.43. The van der Waals surface area contributed by atoms with Gasteiger partial charge in [0.05, 0.1) is 11.4 Å². The van der Waals surface area contributed by atoms with Crippen molar-refractivity contribution < 1.29 is 8.91 Å². The van der Waals surface area contributed by atoms with Crippen LogP contribution < -0.4 is 10.2 Å². The number of hydrogen-bond donors (Lipinski definition) is 1. The number of aromatic nitrogens is 1. The minimum Gasteiger partial charge on any atom is -0.367 e. The van der Waals surface area contributed by atoms with Crippen molar-refractivity contribution in [1.82, 2.24) is 10.5 Å². The lowest BCUT2D eigenvalue weighted by Crippen LogP contribution is -2.43. The average molecular weight is 261 g/mol. The van der Waals surface area contributed by atoms with Crippen molar-refractivity contribution in [2.45, 2.75) is 6.92 Å². The highest BCUT2D eigenvalue weighted by Crippen LogP contribution is 2.28. The van der Waals surface area contributed by atoms with Crippen molar-refractivity contribution in [3.05, 3.63) is 35.8 Å². The highest BCUT2D eigenvalue weighted by molar-refractivity contribution is 5.65. The fourth-order valence-corrected chi connectivity index (χ4v) is 2.31. The van der Waals surface area contributed by atoms with Gasteiger partial charge < -0.3 is 14.7 Å². The molecule has 3 rings (SSSR count). The van der Waals surface area contributed by atoms with Crippen LogP contribution in [0.3, 0.4) is 0 Å². The van der Waals surface area contributed by atoms with E-state index in [1.165, 1.54) is 6.07 Å². The highest BCUT2D eigenvalue weighted by atomic mass is 19.1. The molecule has 2 aromatic rings. The van der Waals surface area contributed by atoms with Gasteiger partial charge >= 0.3 is 0 Å². The molecule has 1 fully saturated rings. The molecule has 0 saturated carbocycles. The van der Waals surface area contributed by atoms with Crippen LogP contribution in [0, 0.1) is 12.7 Å². The summed E-state index contributed by atoms with van der Waals surface area (Å²) in [5.74, 6) is 0.482. The second-order valence-corrected chi connectivity index (χ2v) is 4.74. The summed E-state index contributed by atoms with van der Waals surface area (Å²) in [6, 6.07) is 6.90. The topological polar surface area (TPSA) is 41.3 Å². The van der Waals surface area contributed by atoms with Gasteiger partial charge in [0.2, 0.25) is 0 Å². The fourth-order valence-electron chi connectivity index (χ4n) is 2.31. The molecule has 100 valence electrons. The van der Waals surface area contributed by atoms with E-state index in [0.717, 1.165) is 37.4 Å². The Morgan fingerprint density at radius 1 is 1.26 bits per heavy atom. The van der Waals surface area contributed by atoms with E-state index in [1.807, 2.05) is 19.1 Å². The first-order valence-electron chi connectivity index (χ1n) is 6.43. The molecule has 0 atom stereocenters. The Balaban J connectivity index is 1.95. The molecule has 4 nitrogen and oxygen atoms in total. The summed E-state index contributed by atoms with van der Waals surface area (Å²) in [6.07, 6.45) is 0. The average Bonchev–Trinajstić information content (AvgIpc) is 2.87. The lowest BCUT2D eigenvalue weighted by Gasteiger charge is -2.29. The molecule has 1 N–H and O–H groups in total. The molecule has 0 bridgehead atoms. The van der Waals surface area contributed by atoms with E-state index in [9.17, 15) is 4.39 Å². The van der Waals surface area contributed by atoms with Gasteiger partial charge in [-0.1, -0.05) is 5.16 Å². The van der Waals surface area contributed by atoms with Gasteiger partial charge in [-0.05, 0) is 25.1 Å². The number of aryl methyl sites for hydroxylation is 1. The van der Waals surface area contributed by atoms with Crippen LogP contribution in [0.2, 0.25) is 0 Å². The lowest BCUT2D eigenvalue weighted by atomic mass is 10.1. The molecule has 0 radical (unpaired) electrons. The number of nitrogens with one attached hydrogen (secondary N) is 1. The maximum Gasteiger partial charge on any atom is 0.167 e. The number of nitrogens with zero attached hydrogens (tertiary/aromatic N) is 2. The predicted molar refractivity (Wildman–Crippen MR) is 71.7 cm³/mol. The number of hydrogen-bond acceptors (Lipinski definition) is 4. The summed E-state index contributed by atoms with van der Waals surface area (Å²) in [5, 5.41) is 7.13. The van der Waals surface area contributed by atoms with Crippen LogP contribution in [0.15, 0.2) is 28.8 Å². The fraction of sp³-hybridized carbons (Fsp3) is 0.357. The normalized spacial score (nSPS) is 15.8. The van der Waals surface area contributed by atoms with Crippen molar-refractivity contribution in [1.29, 1.82) is 0 Å². The smallest absolute Gasteiger partial charge is 0.167 e. The standard InChI is InChI=1S/C14H16FN3O/c1-10-8-14(19-17-10)11-2-3-12(15)13(9-11)18-6-4-16-5-7-18/h2-3,8-9,16H,4-7H2,1H3. The molecule has 0 spiro atoms. The number of benzene rings is 1. The van der Waals surface area contributed by atoms with E-state index in [1.54, 1.807) is 6.07 Å². The summed E-state index contributed by atoms with van der Waals surface area (Å²) in [5.41, 5.74) is 2.31. The summed E-state index contributed by atoms with van der Waals surface area (Å²) in [4.78, 5) is 2.05. The summed E-state index contributed by atoms with van der Waals surface area (Å²) in [6.45, 7) is 5.26. The Hall–Kier alpha value is -1.88. The Kier molecular flexibility index (Phi) is 3.21. The van der Waals surface area contributed by atoms with Crippen molar-refractivity contribution in [2.24, 2.45) is 0 Å². The zero-order chi connectivity index (χ0) is 13.2. The van der Waals surface area contributed by atoms with Crippen LogP contribution in [-0.2, 0) is 0 Å². The molecule has 0 amide bonds. The van der Waals surface area contributed by atoms with E-state index in [0.29, 0.717) is 11.4 Å². The summed E-state index contributed by atoms with van der Waals surface area (Å²) in [7, 11) is 0. The second kappa shape index (κ2) is 5.01. The first kappa shape index (κ1) is 12.2. The van der Waals surface area contributed by atoms with Gasteiger partial charge in [-0.15, -0.1) is 0 Å². The Morgan fingerprint density at radius 2 is 2.05 bits per heavy atom. The molecule has 5 heteroatoms. The second-order valence-electron chi connectivity index (χ2n) is 4.74. The molecule has 1 aliphatic rings. The maximum atomic E-state index is 14.0. The quantitative estimate of drug-likeness (QED) is 0.899. The van der Waals surface area contributed by atoms with Gasteiger partial charge in [-0.2, -0.15) is 0 Å². The summed E-state index contributed by atoms with van der Waals surface area (Å²) >= 11 is 0. The molecule has 2 heterocycles. The van der Waals surface area contributed by atoms with E-state index < -0.39 is 0 Å². The lowest BCUT2D eigenvalue weighted by molar-refractivity contribution is 0.427. The van der Waals surface area contributed by atoms with E-state index >= 15 is 0 Å². The SMILES string of the molecule is Cc1cc(-c2ccc(F)c(N3CCNCC3)c2)on1. The number of anilines is 1. The highest BCUT2D eigenvalue weighted by Gasteiger charge is 2.16. The van der Waals surface area contributed by atoms with Crippen LogP contribution in [0.4, 0.5) is 10.1 Å². The molecule has 1 aromatic carbocycles. The Morgan fingerprint density at radius 3 is 2.74 bits per heavy atom. The van der Waals surface area contributed by atoms with Gasteiger partial charge in [0.1, 0.15) is 5.82 Å². The van der Waals surface area contributed by atoms with Gasteiger partial charge in [-0.3, -0.25) is 0 Å². The van der Waals surface area contributed by atoms with Gasteiger partial charge in [0.15, 0.2) is 5.76 Å². The minimum atomic E-state index is -0.193. The van der Waals surface area contributed by atoms with Crippen molar-refractivity contribution in [3.8, 4) is 11.3 Å². The van der Waals surface area contributed by atoms with Crippen molar-refractivity contribution in [3.63, 3.8) is 0 Å². The molecule has 19 heavy (non-hydrogen) atoms. The summed E-state index contributed by atoms with van der Waals surface area (Å²) < 4.78 is 19.2. The van der Waals surface area contributed by atoms with E-state index in [2.05, 4.69) is 15.4 Å². The predicted octanol–water partition coefficient (Wildman–Crippen LogP) is 2.20. The molecule has 0 unspecified atom stereocenters. The molecule has 1 saturated heterocycles. The largest absolute Gasteiger partial charge is 0.367 e. The third kappa shape index (κ3) is 2.46. The first-order chi connectivity index (χ1) is 9.24. The van der Waals surface area contributed by atoms with E-state index in [-0.39, 0.29) is 5.82 Å². The van der Waals surface area contributed by atoms with Crippen molar-refractivity contribution >= 4 is 5.69 Å². The molecular formula is C14H16FN3O. The van der Waals surface area contributed by atoms with Gasteiger partial charge in [-0.25, -0.2) is 4.39 Å². The molecule has 0 aliphatic carbocycles. The zero-order valence-electron chi connectivity index (χ0n) is 10.8. The van der Waals surface area contributed by atoms with Crippen LogP contribution >= 0.6 is 0 Å². The van der Waals surface area contributed by atoms with Crippen LogP contribution in [0.25, 0.3) is 11.3 Å². The van der Waals surface area contributed by atoms with Crippen molar-refractivity contribution in [2.75, 3.05) is 31.1 Å². The molecule has 1 aromatic heterocycles. The Labute approximate surface area is 111 Å². The van der Waals surface area contributed by atoms with Crippen LogP contribution in [-0.4, -0.2) is 31.3 Å². The number of rotatable bonds is 2. The van der Waals surface area contributed by atoms with E-state index in [4.69, 9.17) is 4.52 Å². The monoisotopic (exact) mass is 261 g/mol. The minimum absolute atomic E-state index is 0.193.